The molecule has 0 aliphatic carbocycles. The summed E-state index contributed by atoms with van der Waals surface area (Å²) in [7, 11) is 1.64. The molecule has 0 radical (unpaired) electrons. The van der Waals surface area contributed by atoms with Crippen LogP contribution in [0.15, 0.2) is 24.3 Å². The minimum atomic E-state index is -0.653. The molecule has 4 nitrogen and oxygen atoms in total. The zero-order valence-electron chi connectivity index (χ0n) is 11.3. The summed E-state index contributed by atoms with van der Waals surface area (Å²) in [5.41, 5.74) is 0.361. The van der Waals surface area contributed by atoms with Crippen molar-refractivity contribution in [3.63, 3.8) is 0 Å². The number of nitrogens with one attached hydrogen (secondary N) is 1. The lowest BCUT2D eigenvalue weighted by atomic mass is 9.95. The normalized spacial score (nSPS) is 13.4. The summed E-state index contributed by atoms with van der Waals surface area (Å²) in [6.45, 7) is 3.74. The first-order valence-corrected chi connectivity index (χ1v) is 6.24. The summed E-state index contributed by atoms with van der Waals surface area (Å²) in [6.07, 6.45) is 0.652. The standard InChI is InChI=1S/C14H23NO3/c1-4-14(9-16,10-17)15-11(2)12-7-5-6-8-13(12)18-3/h5-8,11,15-17H,4,9-10H2,1-3H3. The van der Waals surface area contributed by atoms with E-state index in [1.54, 1.807) is 7.11 Å². The number of aliphatic hydroxyl groups is 2. The van der Waals surface area contributed by atoms with Crippen LogP contribution < -0.4 is 10.1 Å². The summed E-state index contributed by atoms with van der Waals surface area (Å²) < 4.78 is 5.32. The fourth-order valence-corrected chi connectivity index (χ4v) is 2.03. The summed E-state index contributed by atoms with van der Waals surface area (Å²) in [5.74, 6) is 0.804. The van der Waals surface area contributed by atoms with Crippen LogP contribution in [0, 0.1) is 0 Å². The fraction of sp³-hybridized carbons (Fsp3) is 0.571. The van der Waals surface area contributed by atoms with E-state index < -0.39 is 5.54 Å². The number of aliphatic hydroxyl groups excluding tert-OH is 2. The van der Waals surface area contributed by atoms with E-state index in [0.29, 0.717) is 6.42 Å². The van der Waals surface area contributed by atoms with Crippen LogP contribution in [0.5, 0.6) is 5.75 Å². The molecule has 0 bridgehead atoms. The zero-order valence-corrected chi connectivity index (χ0v) is 11.3. The van der Waals surface area contributed by atoms with E-state index in [2.05, 4.69) is 5.32 Å². The highest BCUT2D eigenvalue weighted by Crippen LogP contribution is 2.26. The van der Waals surface area contributed by atoms with Crippen LogP contribution >= 0.6 is 0 Å². The first-order chi connectivity index (χ1) is 8.62. The Kier molecular flexibility index (Phi) is 5.59. The molecule has 1 aromatic rings. The maximum Gasteiger partial charge on any atom is 0.123 e. The lowest BCUT2D eigenvalue weighted by molar-refractivity contribution is 0.0790. The lowest BCUT2D eigenvalue weighted by Gasteiger charge is -2.33. The summed E-state index contributed by atoms with van der Waals surface area (Å²) in [6, 6.07) is 7.73. The molecular formula is C14H23NO3. The van der Waals surface area contributed by atoms with Gasteiger partial charge in [0.05, 0.1) is 25.9 Å². The van der Waals surface area contributed by atoms with E-state index in [0.717, 1.165) is 11.3 Å². The summed E-state index contributed by atoms with van der Waals surface area (Å²) in [5, 5.41) is 22.2. The van der Waals surface area contributed by atoms with Gasteiger partial charge in [0.1, 0.15) is 5.75 Å². The Morgan fingerprint density at radius 2 is 1.89 bits per heavy atom. The van der Waals surface area contributed by atoms with E-state index in [-0.39, 0.29) is 19.3 Å². The Bertz CT molecular complexity index is 356. The number of hydrogen-bond acceptors (Lipinski definition) is 4. The lowest BCUT2D eigenvalue weighted by Crippen LogP contribution is -2.52. The van der Waals surface area contributed by atoms with Gasteiger partial charge < -0.3 is 20.3 Å². The SMILES string of the molecule is CCC(CO)(CO)NC(C)c1ccccc1OC. The molecule has 4 heteroatoms. The van der Waals surface area contributed by atoms with Gasteiger partial charge in [0, 0.05) is 11.6 Å². The molecule has 18 heavy (non-hydrogen) atoms. The summed E-state index contributed by atoms with van der Waals surface area (Å²) >= 11 is 0. The topological polar surface area (TPSA) is 61.7 Å². The van der Waals surface area contributed by atoms with Crippen molar-refractivity contribution in [1.29, 1.82) is 0 Å². The molecule has 0 aromatic heterocycles. The first kappa shape index (κ1) is 15.0. The Morgan fingerprint density at radius 3 is 2.39 bits per heavy atom. The van der Waals surface area contributed by atoms with E-state index in [1.807, 2.05) is 38.1 Å². The van der Waals surface area contributed by atoms with Crippen molar-refractivity contribution < 1.29 is 14.9 Å². The van der Waals surface area contributed by atoms with Gasteiger partial charge in [0.15, 0.2) is 0 Å². The maximum atomic E-state index is 9.45. The number of ether oxygens (including phenoxy) is 1. The molecular weight excluding hydrogens is 230 g/mol. The van der Waals surface area contributed by atoms with Gasteiger partial charge in [0.25, 0.3) is 0 Å². The molecule has 1 rings (SSSR count). The highest BCUT2D eigenvalue weighted by Gasteiger charge is 2.29. The third kappa shape index (κ3) is 3.22. The second-order valence-corrected chi connectivity index (χ2v) is 4.56. The number of para-hydroxylation sites is 1. The van der Waals surface area contributed by atoms with Gasteiger partial charge in [-0.1, -0.05) is 25.1 Å². The van der Waals surface area contributed by atoms with Gasteiger partial charge in [-0.15, -0.1) is 0 Å². The molecule has 0 heterocycles. The smallest absolute Gasteiger partial charge is 0.123 e. The quantitative estimate of drug-likeness (QED) is 0.689. The molecule has 0 saturated carbocycles. The van der Waals surface area contributed by atoms with Crippen molar-refractivity contribution in [2.45, 2.75) is 31.8 Å². The third-order valence-electron chi connectivity index (χ3n) is 3.41. The van der Waals surface area contributed by atoms with Gasteiger partial charge in [-0.2, -0.15) is 0 Å². The first-order valence-electron chi connectivity index (χ1n) is 6.24. The van der Waals surface area contributed by atoms with Gasteiger partial charge >= 0.3 is 0 Å². The van der Waals surface area contributed by atoms with Crippen molar-refractivity contribution in [2.75, 3.05) is 20.3 Å². The highest BCUT2D eigenvalue weighted by molar-refractivity contribution is 5.35. The molecule has 0 amide bonds. The average Bonchev–Trinajstić information content (AvgIpc) is 2.44. The zero-order chi connectivity index (χ0) is 13.6. The van der Waals surface area contributed by atoms with Crippen molar-refractivity contribution in [1.82, 2.24) is 5.32 Å². The van der Waals surface area contributed by atoms with E-state index in [4.69, 9.17) is 4.74 Å². The van der Waals surface area contributed by atoms with E-state index >= 15 is 0 Å². The minimum absolute atomic E-state index is 0.0135. The second-order valence-electron chi connectivity index (χ2n) is 4.56. The second kappa shape index (κ2) is 6.73. The molecule has 0 aliphatic heterocycles. The minimum Gasteiger partial charge on any atom is -0.496 e. The maximum absolute atomic E-state index is 9.45. The predicted molar refractivity (Wildman–Crippen MR) is 71.7 cm³/mol. The average molecular weight is 253 g/mol. The predicted octanol–water partition coefficient (Wildman–Crippen LogP) is 1.48. The third-order valence-corrected chi connectivity index (χ3v) is 3.41. The number of benzene rings is 1. The highest BCUT2D eigenvalue weighted by atomic mass is 16.5. The molecule has 0 fully saturated rings. The molecule has 1 atom stereocenters. The molecule has 3 N–H and O–H groups in total. The Morgan fingerprint density at radius 1 is 1.28 bits per heavy atom. The number of hydrogen-bond donors (Lipinski definition) is 3. The van der Waals surface area contributed by atoms with Crippen molar-refractivity contribution in [3.8, 4) is 5.75 Å². The van der Waals surface area contributed by atoms with Crippen molar-refractivity contribution >= 4 is 0 Å². The Balaban J connectivity index is 2.90. The van der Waals surface area contributed by atoms with Crippen LogP contribution in [0.1, 0.15) is 31.9 Å². The largest absolute Gasteiger partial charge is 0.496 e. The Hall–Kier alpha value is -1.10. The summed E-state index contributed by atoms with van der Waals surface area (Å²) in [4.78, 5) is 0. The molecule has 0 saturated heterocycles. The van der Waals surface area contributed by atoms with Crippen LogP contribution in [0.25, 0.3) is 0 Å². The van der Waals surface area contributed by atoms with Crippen molar-refractivity contribution in [2.24, 2.45) is 0 Å². The Labute approximate surface area is 109 Å². The van der Waals surface area contributed by atoms with Crippen LogP contribution in [0.4, 0.5) is 0 Å². The van der Waals surface area contributed by atoms with E-state index in [1.165, 1.54) is 0 Å². The van der Waals surface area contributed by atoms with Crippen LogP contribution in [-0.4, -0.2) is 36.1 Å². The fourth-order valence-electron chi connectivity index (χ4n) is 2.03. The van der Waals surface area contributed by atoms with Gasteiger partial charge in [-0.3, -0.25) is 0 Å². The van der Waals surface area contributed by atoms with Crippen LogP contribution in [-0.2, 0) is 0 Å². The number of methoxy groups -OCH3 is 1. The van der Waals surface area contributed by atoms with Gasteiger partial charge in [0.2, 0.25) is 0 Å². The van der Waals surface area contributed by atoms with Gasteiger partial charge in [-0.05, 0) is 19.4 Å². The molecule has 0 spiro atoms. The molecule has 102 valence electrons. The van der Waals surface area contributed by atoms with E-state index in [9.17, 15) is 10.2 Å². The number of rotatable bonds is 7. The monoisotopic (exact) mass is 253 g/mol. The van der Waals surface area contributed by atoms with Crippen LogP contribution in [0.3, 0.4) is 0 Å². The molecule has 0 aliphatic rings. The van der Waals surface area contributed by atoms with Crippen molar-refractivity contribution in [3.05, 3.63) is 29.8 Å². The van der Waals surface area contributed by atoms with Gasteiger partial charge in [-0.25, -0.2) is 0 Å². The van der Waals surface area contributed by atoms with Crippen LogP contribution in [0.2, 0.25) is 0 Å². The molecule has 1 unspecified atom stereocenters. The molecule has 1 aromatic carbocycles.